The van der Waals surface area contributed by atoms with Crippen LogP contribution in [0, 0.1) is 0 Å². The Morgan fingerprint density at radius 2 is 1.07 bits per heavy atom. The second kappa shape index (κ2) is 32.0. The molecule has 0 aromatic carbocycles. The molecule has 0 bridgehead atoms. The Labute approximate surface area is 274 Å². The molecule has 0 radical (unpaired) electrons. The highest BCUT2D eigenvalue weighted by Crippen LogP contribution is 2.35. The molecule has 9 heteroatoms. The molecule has 0 heterocycles. The number of hydrogen-bond acceptors (Lipinski definition) is 6. The number of unbranched alkanes of at least 4 members (excludes halogenated alkanes) is 13. The van der Waals surface area contributed by atoms with Gasteiger partial charge in [-0.3, -0.25) is 14.1 Å². The van der Waals surface area contributed by atoms with Crippen LogP contribution in [0.15, 0.2) is 48.6 Å². The smallest absolute Gasteiger partial charge is 0.462 e. The predicted molar refractivity (Wildman–Crippen MR) is 184 cm³/mol. The topological polar surface area (TPSA) is 119 Å². The lowest BCUT2D eigenvalue weighted by Crippen LogP contribution is -2.29. The summed E-state index contributed by atoms with van der Waals surface area (Å²) in [7, 11) is -4.75. The van der Waals surface area contributed by atoms with Crippen molar-refractivity contribution in [3.05, 3.63) is 48.6 Å². The first-order valence-electron chi connectivity index (χ1n) is 17.4. The molecule has 0 aromatic heterocycles. The predicted octanol–water partition coefficient (Wildman–Crippen LogP) is 10.0. The van der Waals surface area contributed by atoms with Crippen LogP contribution in [0.5, 0.6) is 0 Å². The molecule has 8 nitrogen and oxygen atoms in total. The molecule has 0 aliphatic heterocycles. The number of carbonyl (C=O) groups excluding carboxylic acids is 2. The summed E-state index contributed by atoms with van der Waals surface area (Å²) in [6.45, 7) is 3.50. The van der Waals surface area contributed by atoms with Gasteiger partial charge in [0.1, 0.15) is 6.61 Å². The van der Waals surface area contributed by atoms with E-state index >= 15 is 0 Å². The fourth-order valence-electron chi connectivity index (χ4n) is 4.54. The number of rotatable bonds is 31. The van der Waals surface area contributed by atoms with Crippen LogP contribution in [-0.4, -0.2) is 41.0 Å². The average Bonchev–Trinajstić information content (AvgIpc) is 3.00. The third-order valence-electron chi connectivity index (χ3n) is 7.11. The van der Waals surface area contributed by atoms with Gasteiger partial charge in [-0.15, -0.1) is 0 Å². The maximum Gasteiger partial charge on any atom is 0.469 e. The maximum absolute atomic E-state index is 12.3. The van der Waals surface area contributed by atoms with E-state index in [4.69, 9.17) is 19.3 Å². The molecule has 0 saturated carbocycles. The lowest BCUT2D eigenvalue weighted by molar-refractivity contribution is -0.161. The number of phosphoric acid groups is 1. The summed E-state index contributed by atoms with van der Waals surface area (Å²) in [5, 5.41) is 0. The largest absolute Gasteiger partial charge is 0.469 e. The highest BCUT2D eigenvalue weighted by atomic mass is 31.2. The minimum Gasteiger partial charge on any atom is -0.462 e. The Morgan fingerprint density at radius 3 is 1.60 bits per heavy atom. The normalized spacial score (nSPS) is 13.1. The summed E-state index contributed by atoms with van der Waals surface area (Å²) in [5.74, 6) is -0.936. The van der Waals surface area contributed by atoms with Gasteiger partial charge in [0.2, 0.25) is 0 Å². The molecule has 0 fully saturated rings. The van der Waals surface area contributed by atoms with Crippen molar-refractivity contribution in [3.8, 4) is 0 Å². The summed E-state index contributed by atoms with van der Waals surface area (Å²) < 4.78 is 26.2. The number of ether oxygens (including phenoxy) is 2. The van der Waals surface area contributed by atoms with Crippen molar-refractivity contribution in [2.24, 2.45) is 0 Å². The second-order valence-electron chi connectivity index (χ2n) is 11.5. The SMILES string of the molecule is CC/C=C/C/C=C/C/C=C/C/C=C/CCCCC(=O)OC[C@H](COP(=O)(O)O)OC(=O)CCCCCCCCCCCCCC. The molecule has 0 amide bonds. The van der Waals surface area contributed by atoms with Crippen LogP contribution >= 0.6 is 7.82 Å². The monoisotopic (exact) mass is 654 g/mol. The first-order chi connectivity index (χ1) is 21.8. The van der Waals surface area contributed by atoms with Crippen molar-refractivity contribution >= 4 is 19.8 Å². The highest BCUT2D eigenvalue weighted by Gasteiger charge is 2.22. The molecule has 0 unspecified atom stereocenters. The molecule has 0 aliphatic carbocycles. The van der Waals surface area contributed by atoms with Crippen LogP contribution < -0.4 is 0 Å². The van der Waals surface area contributed by atoms with Crippen LogP contribution in [0.1, 0.15) is 149 Å². The van der Waals surface area contributed by atoms with Gasteiger partial charge in [0.25, 0.3) is 0 Å². The van der Waals surface area contributed by atoms with Crippen LogP contribution in [0.25, 0.3) is 0 Å². The van der Waals surface area contributed by atoms with Crippen LogP contribution in [0.3, 0.4) is 0 Å². The number of phosphoric ester groups is 1. The number of carbonyl (C=O) groups is 2. The number of allylic oxidation sites excluding steroid dienone is 8. The van der Waals surface area contributed by atoms with Gasteiger partial charge in [-0.25, -0.2) is 4.57 Å². The Kier molecular flexibility index (Phi) is 30.6. The first kappa shape index (κ1) is 43.0. The average molecular weight is 655 g/mol. The molecule has 260 valence electrons. The van der Waals surface area contributed by atoms with Gasteiger partial charge in [-0.2, -0.15) is 0 Å². The summed E-state index contributed by atoms with van der Waals surface area (Å²) in [5.41, 5.74) is 0. The minimum atomic E-state index is -4.75. The van der Waals surface area contributed by atoms with E-state index < -0.39 is 32.5 Å². The van der Waals surface area contributed by atoms with E-state index in [1.165, 1.54) is 51.4 Å². The zero-order valence-corrected chi connectivity index (χ0v) is 29.1. The molecule has 1 atom stereocenters. The second-order valence-corrected chi connectivity index (χ2v) is 12.7. The first-order valence-corrected chi connectivity index (χ1v) is 19.0. The maximum atomic E-state index is 12.3. The standard InChI is InChI=1S/C36H63O8P/c1-3-5-7-9-11-13-15-17-18-19-21-22-24-26-28-30-35(37)42-32-34(33-43-45(39,40)41)44-36(38)31-29-27-25-23-20-16-14-12-10-8-6-4-2/h5,7,11,13,17-18,21-22,34H,3-4,6,8-10,12,14-16,19-20,23-33H2,1-2H3,(H2,39,40,41)/b7-5+,13-11+,18-17+,22-21+/t34-/m1/s1. The Balaban J connectivity index is 4.08. The molecular weight excluding hydrogens is 591 g/mol. The molecular formula is C36H63O8P. The van der Waals surface area contributed by atoms with Crippen LogP contribution in [0.2, 0.25) is 0 Å². The van der Waals surface area contributed by atoms with E-state index in [1.807, 2.05) is 0 Å². The summed E-state index contributed by atoms with van der Waals surface area (Å²) in [6, 6.07) is 0. The lowest BCUT2D eigenvalue weighted by atomic mass is 10.0. The van der Waals surface area contributed by atoms with Crippen molar-refractivity contribution in [1.82, 2.24) is 0 Å². The van der Waals surface area contributed by atoms with E-state index in [0.717, 1.165) is 57.8 Å². The highest BCUT2D eigenvalue weighted by molar-refractivity contribution is 7.46. The fourth-order valence-corrected chi connectivity index (χ4v) is 4.90. The van der Waals surface area contributed by atoms with Crippen molar-refractivity contribution in [3.63, 3.8) is 0 Å². The van der Waals surface area contributed by atoms with Gasteiger partial charge in [-0.05, 0) is 51.4 Å². The van der Waals surface area contributed by atoms with Gasteiger partial charge in [-0.1, -0.05) is 133 Å². The van der Waals surface area contributed by atoms with Crippen molar-refractivity contribution in [2.45, 2.75) is 155 Å². The molecule has 0 rings (SSSR count). The zero-order chi connectivity index (χ0) is 33.3. The molecule has 0 spiro atoms. The Hall–Kier alpha value is -1.99. The summed E-state index contributed by atoms with van der Waals surface area (Å²) in [4.78, 5) is 42.5. The van der Waals surface area contributed by atoms with E-state index in [0.29, 0.717) is 12.8 Å². The quantitative estimate of drug-likeness (QED) is 0.0328. The number of hydrogen-bond donors (Lipinski definition) is 2. The molecule has 0 aromatic rings. The zero-order valence-electron chi connectivity index (χ0n) is 28.3. The summed E-state index contributed by atoms with van der Waals surface area (Å²) in [6.07, 6.45) is 36.9. The minimum absolute atomic E-state index is 0.203. The van der Waals surface area contributed by atoms with Gasteiger partial charge in [0.05, 0.1) is 6.61 Å². The van der Waals surface area contributed by atoms with Crippen molar-refractivity contribution in [2.75, 3.05) is 13.2 Å². The lowest BCUT2D eigenvalue weighted by Gasteiger charge is -2.18. The van der Waals surface area contributed by atoms with Gasteiger partial charge >= 0.3 is 19.8 Å². The number of esters is 2. The van der Waals surface area contributed by atoms with Crippen molar-refractivity contribution in [1.29, 1.82) is 0 Å². The summed E-state index contributed by atoms with van der Waals surface area (Å²) >= 11 is 0. The van der Waals surface area contributed by atoms with E-state index in [-0.39, 0.29) is 19.4 Å². The molecule has 2 N–H and O–H groups in total. The third kappa shape index (κ3) is 34.7. The van der Waals surface area contributed by atoms with E-state index in [2.05, 4.69) is 67.0 Å². The molecule has 0 saturated heterocycles. The fraction of sp³-hybridized carbons (Fsp3) is 0.722. The molecule has 0 aliphatic rings. The van der Waals surface area contributed by atoms with Gasteiger partial charge < -0.3 is 19.3 Å². The third-order valence-corrected chi connectivity index (χ3v) is 7.60. The van der Waals surface area contributed by atoms with Crippen LogP contribution in [0.4, 0.5) is 0 Å². The van der Waals surface area contributed by atoms with Gasteiger partial charge in [0.15, 0.2) is 6.10 Å². The van der Waals surface area contributed by atoms with Gasteiger partial charge in [0, 0.05) is 12.8 Å². The molecule has 45 heavy (non-hydrogen) atoms. The Bertz CT molecular complexity index is 874. The van der Waals surface area contributed by atoms with E-state index in [1.54, 1.807) is 0 Å². The Morgan fingerprint density at radius 1 is 0.600 bits per heavy atom. The van der Waals surface area contributed by atoms with E-state index in [9.17, 15) is 14.2 Å². The van der Waals surface area contributed by atoms with Crippen molar-refractivity contribution < 1.29 is 37.9 Å². The van der Waals surface area contributed by atoms with Crippen LogP contribution in [-0.2, 0) is 28.2 Å².